The van der Waals surface area contributed by atoms with E-state index in [-0.39, 0.29) is 6.10 Å². The first-order valence-corrected chi connectivity index (χ1v) is 7.62. The first-order valence-electron chi connectivity index (χ1n) is 7.62. The molecule has 1 fully saturated rings. The number of rotatable bonds is 5. The number of aliphatic hydroxyl groups is 1. The Hall–Kier alpha value is -1.02. The van der Waals surface area contributed by atoms with Crippen LogP contribution < -0.4 is 4.90 Å². The van der Waals surface area contributed by atoms with Crippen LogP contribution in [0, 0.1) is 5.92 Å². The smallest absolute Gasteiger partial charge is 0.0761 e. The fourth-order valence-electron chi connectivity index (χ4n) is 3.02. The fraction of sp³-hybridized carbons (Fsp3) is 0.647. The average Bonchev–Trinajstić information content (AvgIpc) is 2.89. The van der Waals surface area contributed by atoms with Gasteiger partial charge in [-0.2, -0.15) is 0 Å². The lowest BCUT2D eigenvalue weighted by Crippen LogP contribution is -2.36. The van der Waals surface area contributed by atoms with E-state index >= 15 is 0 Å². The Balaban J connectivity index is 2.16. The molecule has 1 aromatic rings. The Morgan fingerprint density at radius 1 is 1.11 bits per heavy atom. The summed E-state index contributed by atoms with van der Waals surface area (Å²) >= 11 is 0. The van der Waals surface area contributed by atoms with Crippen LogP contribution in [0.5, 0.6) is 0 Å². The Labute approximate surface area is 117 Å². The molecule has 2 nitrogen and oxygen atoms in total. The first kappa shape index (κ1) is 14.4. The zero-order valence-electron chi connectivity index (χ0n) is 12.5. The molecule has 0 radical (unpaired) electrons. The molecule has 106 valence electrons. The Morgan fingerprint density at radius 3 is 2.16 bits per heavy atom. The van der Waals surface area contributed by atoms with Crippen LogP contribution in [-0.4, -0.2) is 17.7 Å². The Bertz CT molecular complexity index is 377. The van der Waals surface area contributed by atoms with E-state index in [1.807, 2.05) is 6.92 Å². The van der Waals surface area contributed by atoms with Gasteiger partial charge in [0.25, 0.3) is 0 Å². The normalized spacial score (nSPS) is 17.9. The molecule has 0 aromatic heterocycles. The SMILES string of the molecule is CC(C)CN(c1ccc([C@H](C)O)cc1)C1CCCC1. The summed E-state index contributed by atoms with van der Waals surface area (Å²) in [6, 6.07) is 9.16. The number of aliphatic hydroxyl groups excluding tert-OH is 1. The van der Waals surface area contributed by atoms with E-state index in [1.165, 1.54) is 31.4 Å². The molecule has 0 aliphatic heterocycles. The number of hydrogen-bond acceptors (Lipinski definition) is 2. The average molecular weight is 261 g/mol. The van der Waals surface area contributed by atoms with Gasteiger partial charge in [0, 0.05) is 18.3 Å². The molecule has 1 saturated carbocycles. The summed E-state index contributed by atoms with van der Waals surface area (Å²) in [5.74, 6) is 0.678. The van der Waals surface area contributed by atoms with E-state index < -0.39 is 0 Å². The van der Waals surface area contributed by atoms with Crippen LogP contribution in [0.2, 0.25) is 0 Å². The van der Waals surface area contributed by atoms with E-state index in [4.69, 9.17) is 0 Å². The lowest BCUT2D eigenvalue weighted by molar-refractivity contribution is 0.199. The molecule has 2 heteroatoms. The topological polar surface area (TPSA) is 23.5 Å². The molecule has 0 heterocycles. The van der Waals surface area contributed by atoms with Crippen molar-refractivity contribution in [2.75, 3.05) is 11.4 Å². The molecular formula is C17H27NO. The van der Waals surface area contributed by atoms with E-state index in [1.54, 1.807) is 0 Å². The summed E-state index contributed by atoms with van der Waals surface area (Å²) in [6.45, 7) is 7.51. The highest BCUT2D eigenvalue weighted by Crippen LogP contribution is 2.29. The van der Waals surface area contributed by atoms with Crippen LogP contribution in [0.1, 0.15) is 58.1 Å². The lowest BCUT2D eigenvalue weighted by atomic mass is 10.1. The third kappa shape index (κ3) is 3.73. The van der Waals surface area contributed by atoms with Crippen molar-refractivity contribution in [2.24, 2.45) is 5.92 Å². The summed E-state index contributed by atoms with van der Waals surface area (Å²) in [5.41, 5.74) is 2.31. The maximum atomic E-state index is 9.60. The highest BCUT2D eigenvalue weighted by molar-refractivity contribution is 5.49. The van der Waals surface area contributed by atoms with Crippen molar-refractivity contribution in [3.8, 4) is 0 Å². The van der Waals surface area contributed by atoms with Gasteiger partial charge in [-0.15, -0.1) is 0 Å². The van der Waals surface area contributed by atoms with Crippen LogP contribution in [0.4, 0.5) is 5.69 Å². The number of nitrogens with zero attached hydrogens (tertiary/aromatic N) is 1. The van der Waals surface area contributed by atoms with Gasteiger partial charge >= 0.3 is 0 Å². The fourth-order valence-corrected chi connectivity index (χ4v) is 3.02. The monoisotopic (exact) mass is 261 g/mol. The third-order valence-electron chi connectivity index (χ3n) is 4.03. The van der Waals surface area contributed by atoms with Gasteiger partial charge in [0.2, 0.25) is 0 Å². The summed E-state index contributed by atoms with van der Waals surface area (Å²) in [5, 5.41) is 9.60. The molecular weight excluding hydrogens is 234 g/mol. The van der Waals surface area contributed by atoms with Crippen molar-refractivity contribution >= 4 is 5.69 Å². The molecule has 19 heavy (non-hydrogen) atoms. The minimum Gasteiger partial charge on any atom is -0.389 e. The largest absolute Gasteiger partial charge is 0.389 e. The van der Waals surface area contributed by atoms with Crippen molar-refractivity contribution in [3.63, 3.8) is 0 Å². The molecule has 1 N–H and O–H groups in total. The molecule has 1 atom stereocenters. The van der Waals surface area contributed by atoms with Crippen molar-refractivity contribution in [3.05, 3.63) is 29.8 Å². The molecule has 0 spiro atoms. The van der Waals surface area contributed by atoms with E-state index in [2.05, 4.69) is 43.0 Å². The second-order valence-electron chi connectivity index (χ2n) is 6.25. The molecule has 2 rings (SSSR count). The van der Waals surface area contributed by atoms with E-state index in [9.17, 15) is 5.11 Å². The van der Waals surface area contributed by atoms with Gasteiger partial charge in [-0.3, -0.25) is 0 Å². The summed E-state index contributed by atoms with van der Waals surface area (Å²) in [7, 11) is 0. The predicted octanol–water partition coefficient (Wildman–Crippen LogP) is 4.14. The van der Waals surface area contributed by atoms with Gasteiger partial charge in [0.05, 0.1) is 6.10 Å². The van der Waals surface area contributed by atoms with Gasteiger partial charge in [0.1, 0.15) is 0 Å². The summed E-state index contributed by atoms with van der Waals surface area (Å²) < 4.78 is 0. The number of anilines is 1. The van der Waals surface area contributed by atoms with Crippen molar-refractivity contribution in [2.45, 2.75) is 58.6 Å². The molecule has 1 aromatic carbocycles. The van der Waals surface area contributed by atoms with Gasteiger partial charge in [-0.25, -0.2) is 0 Å². The third-order valence-corrected chi connectivity index (χ3v) is 4.03. The van der Waals surface area contributed by atoms with Gasteiger partial charge < -0.3 is 10.0 Å². The molecule has 1 aliphatic carbocycles. The van der Waals surface area contributed by atoms with Gasteiger partial charge in [0.15, 0.2) is 0 Å². The summed E-state index contributed by atoms with van der Waals surface area (Å²) in [4.78, 5) is 2.57. The van der Waals surface area contributed by atoms with Gasteiger partial charge in [-0.1, -0.05) is 38.8 Å². The maximum absolute atomic E-state index is 9.60. The van der Waals surface area contributed by atoms with Crippen molar-refractivity contribution in [1.29, 1.82) is 0 Å². The molecule has 1 aliphatic rings. The van der Waals surface area contributed by atoms with E-state index in [0.29, 0.717) is 12.0 Å². The second-order valence-corrected chi connectivity index (χ2v) is 6.25. The standard InChI is InChI=1S/C17H27NO/c1-13(2)12-18(16-6-4-5-7-16)17-10-8-15(9-11-17)14(3)19/h8-11,13-14,16,19H,4-7,12H2,1-3H3/t14-/m0/s1. The Morgan fingerprint density at radius 2 is 1.68 bits per heavy atom. The Kier molecular flexibility index (Phi) is 4.87. The second kappa shape index (κ2) is 6.42. The van der Waals surface area contributed by atoms with Crippen LogP contribution in [-0.2, 0) is 0 Å². The van der Waals surface area contributed by atoms with Crippen molar-refractivity contribution < 1.29 is 5.11 Å². The van der Waals surface area contributed by atoms with Crippen LogP contribution in [0.15, 0.2) is 24.3 Å². The van der Waals surface area contributed by atoms with Crippen LogP contribution in [0.25, 0.3) is 0 Å². The molecule has 0 unspecified atom stereocenters. The molecule has 0 bridgehead atoms. The van der Waals surface area contributed by atoms with Gasteiger partial charge in [-0.05, 0) is 43.4 Å². The summed E-state index contributed by atoms with van der Waals surface area (Å²) in [6.07, 6.45) is 5.00. The lowest BCUT2D eigenvalue weighted by Gasteiger charge is -2.33. The van der Waals surface area contributed by atoms with E-state index in [0.717, 1.165) is 12.1 Å². The maximum Gasteiger partial charge on any atom is 0.0761 e. The number of benzene rings is 1. The van der Waals surface area contributed by atoms with Crippen LogP contribution >= 0.6 is 0 Å². The van der Waals surface area contributed by atoms with Crippen LogP contribution in [0.3, 0.4) is 0 Å². The molecule has 0 amide bonds. The zero-order valence-corrected chi connectivity index (χ0v) is 12.5. The number of hydrogen-bond donors (Lipinski definition) is 1. The van der Waals surface area contributed by atoms with Crippen molar-refractivity contribution in [1.82, 2.24) is 0 Å². The minimum absolute atomic E-state index is 0.376. The first-order chi connectivity index (χ1) is 9.08. The molecule has 0 saturated heterocycles. The quantitative estimate of drug-likeness (QED) is 0.861. The highest BCUT2D eigenvalue weighted by atomic mass is 16.3. The minimum atomic E-state index is -0.376. The highest BCUT2D eigenvalue weighted by Gasteiger charge is 2.23. The zero-order chi connectivity index (χ0) is 13.8. The predicted molar refractivity (Wildman–Crippen MR) is 81.5 cm³/mol.